The van der Waals surface area contributed by atoms with E-state index in [1.165, 1.54) is 0 Å². The maximum atomic E-state index is 13.9. The van der Waals surface area contributed by atoms with Crippen LogP contribution in [-0.2, 0) is 12.0 Å². The van der Waals surface area contributed by atoms with Gasteiger partial charge in [-0.3, -0.25) is 0 Å². The highest BCUT2D eigenvalue weighted by Crippen LogP contribution is 2.69. The Morgan fingerprint density at radius 2 is 1.71 bits per heavy atom. The molecule has 0 saturated heterocycles. The predicted octanol–water partition coefficient (Wildman–Crippen LogP) is 5.02. The molecule has 4 aliphatic rings. The predicted molar refractivity (Wildman–Crippen MR) is 99.7 cm³/mol. The number of benzene rings is 1. The summed E-state index contributed by atoms with van der Waals surface area (Å²) in [7, 11) is 0. The van der Waals surface area contributed by atoms with Gasteiger partial charge in [-0.05, 0) is 55.9 Å². The van der Waals surface area contributed by atoms with Crippen molar-refractivity contribution in [1.29, 1.82) is 0 Å². The van der Waals surface area contributed by atoms with Crippen LogP contribution in [0, 0.1) is 17.3 Å². The van der Waals surface area contributed by atoms with Gasteiger partial charge in [0.2, 0.25) is 11.7 Å². The summed E-state index contributed by atoms with van der Waals surface area (Å²) in [5.74, 6) is 1.03. The lowest BCUT2D eigenvalue weighted by Crippen LogP contribution is -2.59. The van der Waals surface area contributed by atoms with Gasteiger partial charge in [-0.1, -0.05) is 29.4 Å². The molecular weight excluding hydrogens is 391 g/mol. The van der Waals surface area contributed by atoms with Crippen molar-refractivity contribution in [3.63, 3.8) is 0 Å². The molecule has 28 heavy (non-hydrogen) atoms. The van der Waals surface area contributed by atoms with Crippen LogP contribution in [-0.4, -0.2) is 16.3 Å². The van der Waals surface area contributed by atoms with Crippen molar-refractivity contribution in [3.8, 4) is 11.4 Å². The summed E-state index contributed by atoms with van der Waals surface area (Å²) in [4.78, 5) is 4.56. The second kappa shape index (κ2) is 6.46. The van der Waals surface area contributed by atoms with E-state index in [9.17, 15) is 13.2 Å². The Hall–Kier alpha value is -1.60. The summed E-state index contributed by atoms with van der Waals surface area (Å²) in [6.07, 6.45) is -1.20. The summed E-state index contributed by atoms with van der Waals surface area (Å²) >= 11 is 0. The van der Waals surface area contributed by atoms with Crippen LogP contribution in [0.1, 0.15) is 50.0 Å². The van der Waals surface area contributed by atoms with Gasteiger partial charge in [0, 0.05) is 12.1 Å². The minimum absolute atomic E-state index is 0. The van der Waals surface area contributed by atoms with Gasteiger partial charge in [0.15, 0.2) is 0 Å². The first-order valence-electron chi connectivity index (χ1n) is 9.53. The van der Waals surface area contributed by atoms with Gasteiger partial charge in [0.25, 0.3) is 0 Å². The Morgan fingerprint density at radius 3 is 2.29 bits per heavy atom. The molecule has 2 unspecified atom stereocenters. The van der Waals surface area contributed by atoms with Gasteiger partial charge in [0.1, 0.15) is 0 Å². The number of halogens is 4. The van der Waals surface area contributed by atoms with Crippen LogP contribution in [0.3, 0.4) is 0 Å². The molecule has 4 fully saturated rings. The van der Waals surface area contributed by atoms with E-state index in [2.05, 4.69) is 10.1 Å². The minimum atomic E-state index is -4.17. The molecule has 4 nitrogen and oxygen atoms in total. The zero-order valence-electron chi connectivity index (χ0n) is 15.3. The first kappa shape index (κ1) is 19.7. The number of hydrogen-bond acceptors (Lipinski definition) is 4. The Kier molecular flexibility index (Phi) is 4.54. The lowest BCUT2D eigenvalue weighted by Gasteiger charge is -2.60. The lowest BCUT2D eigenvalue weighted by atomic mass is 9.44. The highest BCUT2D eigenvalue weighted by Gasteiger charge is 2.68. The number of rotatable bonds is 3. The highest BCUT2D eigenvalue weighted by molar-refractivity contribution is 5.85. The second-order valence-electron chi connectivity index (χ2n) is 8.84. The normalized spacial score (nSPS) is 33.7. The van der Waals surface area contributed by atoms with E-state index >= 15 is 0 Å². The number of nitrogens with two attached hydrogens (primary N) is 1. The van der Waals surface area contributed by atoms with Crippen molar-refractivity contribution in [2.45, 2.75) is 56.7 Å². The van der Waals surface area contributed by atoms with Crippen molar-refractivity contribution in [2.75, 3.05) is 0 Å². The van der Waals surface area contributed by atoms with Crippen molar-refractivity contribution in [3.05, 3.63) is 35.7 Å². The fourth-order valence-electron chi connectivity index (χ4n) is 6.19. The SMILES string of the molecule is Cl.NCc1ccc(-c2noc(C34CC5CC(C3)CC(C(F)(F)F)(C5)C4)n2)cc1. The third-order valence-electron chi connectivity index (χ3n) is 6.99. The summed E-state index contributed by atoms with van der Waals surface area (Å²) in [5, 5.41) is 4.09. The fraction of sp³-hybridized carbons (Fsp3) is 0.600. The molecule has 8 heteroatoms. The molecule has 4 aliphatic carbocycles. The molecule has 6 rings (SSSR count). The number of alkyl halides is 3. The van der Waals surface area contributed by atoms with Crippen LogP contribution in [0.4, 0.5) is 13.2 Å². The third kappa shape index (κ3) is 2.86. The summed E-state index contributed by atoms with van der Waals surface area (Å²) in [5.41, 5.74) is 5.21. The van der Waals surface area contributed by atoms with Gasteiger partial charge < -0.3 is 10.3 Å². The number of aromatic nitrogens is 2. The van der Waals surface area contributed by atoms with Crippen molar-refractivity contribution in [1.82, 2.24) is 10.1 Å². The maximum absolute atomic E-state index is 13.9. The average molecular weight is 414 g/mol. The lowest BCUT2D eigenvalue weighted by molar-refractivity contribution is -0.279. The molecule has 1 aromatic heterocycles. The summed E-state index contributed by atoms with van der Waals surface area (Å²) in [6.45, 7) is 0.448. The Balaban J connectivity index is 0.00000192. The highest BCUT2D eigenvalue weighted by atomic mass is 35.5. The van der Waals surface area contributed by atoms with E-state index in [1.54, 1.807) is 0 Å². The molecule has 4 bridgehead atoms. The van der Waals surface area contributed by atoms with Gasteiger partial charge >= 0.3 is 6.18 Å². The quantitative estimate of drug-likeness (QED) is 0.767. The van der Waals surface area contributed by atoms with Crippen LogP contribution < -0.4 is 5.73 Å². The van der Waals surface area contributed by atoms with Gasteiger partial charge in [-0.15, -0.1) is 12.4 Å². The average Bonchev–Trinajstić information content (AvgIpc) is 3.11. The minimum Gasteiger partial charge on any atom is -0.338 e. The summed E-state index contributed by atoms with van der Waals surface area (Å²) in [6, 6.07) is 7.53. The van der Waals surface area contributed by atoms with Gasteiger partial charge in [0.05, 0.1) is 10.8 Å². The van der Waals surface area contributed by atoms with Crippen LogP contribution in [0.5, 0.6) is 0 Å². The molecule has 4 saturated carbocycles. The standard InChI is InChI=1S/C20H22F3N3O.ClH/c21-20(22,23)19-8-13-5-14(9-19)7-18(6-13,11-19)17-25-16(26-27-17)15-3-1-12(10-24)2-4-15;/h1-4,13-14H,5-11,24H2;1H. The van der Waals surface area contributed by atoms with Crippen molar-refractivity contribution < 1.29 is 17.7 Å². The molecule has 2 aromatic rings. The van der Waals surface area contributed by atoms with Crippen LogP contribution in [0.25, 0.3) is 11.4 Å². The van der Waals surface area contributed by atoms with Crippen LogP contribution >= 0.6 is 12.4 Å². The van der Waals surface area contributed by atoms with Gasteiger partial charge in [-0.2, -0.15) is 18.2 Å². The van der Waals surface area contributed by atoms with E-state index in [0.717, 1.165) is 30.4 Å². The molecule has 2 atom stereocenters. The fourth-order valence-corrected chi connectivity index (χ4v) is 6.19. The second-order valence-corrected chi connectivity index (χ2v) is 8.84. The molecular formula is C20H23ClF3N3O. The molecule has 0 amide bonds. The van der Waals surface area contributed by atoms with Crippen LogP contribution in [0.2, 0.25) is 0 Å². The zero-order valence-corrected chi connectivity index (χ0v) is 16.2. The monoisotopic (exact) mass is 413 g/mol. The number of hydrogen-bond donors (Lipinski definition) is 1. The van der Waals surface area contributed by atoms with E-state index in [1.807, 2.05) is 24.3 Å². The summed E-state index contributed by atoms with van der Waals surface area (Å²) < 4.78 is 47.4. The zero-order chi connectivity index (χ0) is 18.9. The first-order valence-corrected chi connectivity index (χ1v) is 9.53. The third-order valence-corrected chi connectivity index (χ3v) is 6.99. The van der Waals surface area contributed by atoms with Crippen molar-refractivity contribution >= 4 is 12.4 Å². The van der Waals surface area contributed by atoms with Crippen LogP contribution in [0.15, 0.2) is 28.8 Å². The first-order chi connectivity index (χ1) is 12.8. The molecule has 1 heterocycles. The Bertz CT molecular complexity index is 850. The van der Waals surface area contributed by atoms with E-state index in [-0.39, 0.29) is 43.5 Å². The Morgan fingerprint density at radius 1 is 1.07 bits per heavy atom. The molecule has 2 N–H and O–H groups in total. The van der Waals surface area contributed by atoms with Crippen molar-refractivity contribution in [2.24, 2.45) is 23.0 Å². The topological polar surface area (TPSA) is 64.9 Å². The Labute approximate surface area is 167 Å². The smallest absolute Gasteiger partial charge is 0.338 e. The molecule has 152 valence electrons. The van der Waals surface area contributed by atoms with E-state index in [4.69, 9.17) is 10.3 Å². The maximum Gasteiger partial charge on any atom is 0.394 e. The van der Waals surface area contributed by atoms with E-state index in [0.29, 0.717) is 18.3 Å². The number of nitrogens with zero attached hydrogens (tertiary/aromatic N) is 2. The van der Waals surface area contributed by atoms with E-state index < -0.39 is 17.0 Å². The largest absolute Gasteiger partial charge is 0.394 e. The molecule has 0 aliphatic heterocycles. The molecule has 1 aromatic carbocycles. The molecule has 0 spiro atoms. The van der Waals surface area contributed by atoms with Gasteiger partial charge in [-0.25, -0.2) is 0 Å². The molecule has 0 radical (unpaired) electrons.